The van der Waals surface area contributed by atoms with Gasteiger partial charge in [0, 0.05) is 12.6 Å². The lowest BCUT2D eigenvalue weighted by Gasteiger charge is -2.28. The molecule has 0 bridgehead atoms. The number of hydrogen-bond acceptors (Lipinski definition) is 2. The monoisotopic (exact) mass is 157 g/mol. The summed E-state index contributed by atoms with van der Waals surface area (Å²) in [5.41, 5.74) is 5.82. The molecule has 0 aromatic heterocycles. The average molecular weight is 157 g/mol. The van der Waals surface area contributed by atoms with Gasteiger partial charge in [0.2, 0.25) is 0 Å². The van der Waals surface area contributed by atoms with Crippen molar-refractivity contribution in [3.05, 3.63) is 0 Å². The zero-order chi connectivity index (χ0) is 8.27. The zero-order valence-electron chi connectivity index (χ0n) is 7.55. The highest BCUT2D eigenvalue weighted by Crippen LogP contribution is 2.18. The van der Waals surface area contributed by atoms with Gasteiger partial charge >= 0.3 is 0 Å². The third kappa shape index (κ3) is 3.21. The maximum Gasteiger partial charge on any atom is 0.0592 e. The van der Waals surface area contributed by atoms with E-state index in [0.29, 0.717) is 12.1 Å². The van der Waals surface area contributed by atoms with Gasteiger partial charge in [0.15, 0.2) is 0 Å². The summed E-state index contributed by atoms with van der Waals surface area (Å²) in [6.45, 7) is 5.31. The van der Waals surface area contributed by atoms with Crippen LogP contribution in [0.3, 0.4) is 0 Å². The van der Waals surface area contributed by atoms with Gasteiger partial charge in [0.1, 0.15) is 0 Å². The minimum atomic E-state index is 0.382. The highest BCUT2D eigenvalue weighted by molar-refractivity contribution is 4.74. The molecule has 1 saturated heterocycles. The molecule has 0 aromatic carbocycles. The molecule has 0 radical (unpaired) electrons. The Morgan fingerprint density at radius 3 is 2.82 bits per heavy atom. The van der Waals surface area contributed by atoms with Crippen molar-refractivity contribution in [1.29, 1.82) is 0 Å². The summed E-state index contributed by atoms with van der Waals surface area (Å²) in [5, 5.41) is 0. The molecule has 1 aliphatic heterocycles. The fraction of sp³-hybridized carbons (Fsp3) is 1.00. The summed E-state index contributed by atoms with van der Waals surface area (Å²) in [7, 11) is 0. The summed E-state index contributed by atoms with van der Waals surface area (Å²) in [6.07, 6.45) is 3.68. The molecule has 1 aliphatic rings. The molecular formula is C9H19NO. The third-order valence-corrected chi connectivity index (χ3v) is 2.14. The first kappa shape index (κ1) is 9.01. The smallest absolute Gasteiger partial charge is 0.0592 e. The van der Waals surface area contributed by atoms with E-state index in [1.165, 1.54) is 0 Å². The lowest BCUT2D eigenvalue weighted by molar-refractivity contribution is -0.00341. The van der Waals surface area contributed by atoms with Crippen LogP contribution in [0.1, 0.15) is 33.1 Å². The first-order chi connectivity index (χ1) is 5.18. The normalized spacial score (nSPS) is 32.7. The Morgan fingerprint density at radius 1 is 1.55 bits per heavy atom. The van der Waals surface area contributed by atoms with Crippen LogP contribution in [0.25, 0.3) is 0 Å². The van der Waals surface area contributed by atoms with Crippen LogP contribution in [0.15, 0.2) is 0 Å². The van der Waals surface area contributed by atoms with Crippen molar-refractivity contribution in [3.63, 3.8) is 0 Å². The van der Waals surface area contributed by atoms with Gasteiger partial charge in [0.25, 0.3) is 0 Å². The summed E-state index contributed by atoms with van der Waals surface area (Å²) in [4.78, 5) is 0. The summed E-state index contributed by atoms with van der Waals surface area (Å²) < 4.78 is 5.58. The van der Waals surface area contributed by atoms with Crippen LogP contribution in [0.4, 0.5) is 0 Å². The predicted molar refractivity (Wildman–Crippen MR) is 46.4 cm³/mol. The van der Waals surface area contributed by atoms with E-state index in [0.717, 1.165) is 31.8 Å². The van der Waals surface area contributed by atoms with Crippen LogP contribution in [0.5, 0.6) is 0 Å². The molecule has 0 saturated carbocycles. The maximum atomic E-state index is 5.82. The molecular weight excluding hydrogens is 138 g/mol. The Labute approximate surface area is 69.1 Å². The van der Waals surface area contributed by atoms with Crippen molar-refractivity contribution < 1.29 is 4.74 Å². The SMILES string of the molecule is CC(C)C[C@@H]1C[C@H](N)CCO1. The minimum absolute atomic E-state index is 0.382. The average Bonchev–Trinajstić information content (AvgIpc) is 1.85. The molecule has 0 aliphatic carbocycles. The quantitative estimate of drug-likeness (QED) is 0.660. The molecule has 1 heterocycles. The van der Waals surface area contributed by atoms with Crippen LogP contribution in [0, 0.1) is 5.92 Å². The van der Waals surface area contributed by atoms with Crippen LogP contribution in [-0.2, 0) is 4.74 Å². The maximum absolute atomic E-state index is 5.82. The Bertz CT molecular complexity index is 112. The van der Waals surface area contributed by atoms with Crippen LogP contribution in [0.2, 0.25) is 0 Å². The molecule has 2 nitrogen and oxygen atoms in total. The Morgan fingerprint density at radius 2 is 2.27 bits per heavy atom. The summed E-state index contributed by atoms with van der Waals surface area (Å²) >= 11 is 0. The molecule has 0 unspecified atom stereocenters. The lowest BCUT2D eigenvalue weighted by Crippen LogP contribution is -2.35. The molecule has 11 heavy (non-hydrogen) atoms. The van der Waals surface area contributed by atoms with Crippen LogP contribution in [-0.4, -0.2) is 18.8 Å². The van der Waals surface area contributed by atoms with Gasteiger partial charge in [-0.1, -0.05) is 13.8 Å². The highest BCUT2D eigenvalue weighted by atomic mass is 16.5. The van der Waals surface area contributed by atoms with Gasteiger partial charge in [-0.25, -0.2) is 0 Å². The molecule has 66 valence electrons. The second-order valence-corrected chi connectivity index (χ2v) is 3.91. The van der Waals surface area contributed by atoms with E-state index in [1.54, 1.807) is 0 Å². The van der Waals surface area contributed by atoms with Crippen molar-refractivity contribution >= 4 is 0 Å². The molecule has 2 N–H and O–H groups in total. The van der Waals surface area contributed by atoms with Crippen LogP contribution < -0.4 is 5.73 Å². The Kier molecular flexibility index (Phi) is 3.34. The Hall–Kier alpha value is -0.0800. The number of hydrogen-bond donors (Lipinski definition) is 1. The van der Waals surface area contributed by atoms with Gasteiger partial charge < -0.3 is 10.5 Å². The van der Waals surface area contributed by atoms with Crippen molar-refractivity contribution in [2.24, 2.45) is 11.7 Å². The van der Waals surface area contributed by atoms with E-state index in [4.69, 9.17) is 10.5 Å². The Balaban J connectivity index is 2.23. The number of rotatable bonds is 2. The van der Waals surface area contributed by atoms with Crippen molar-refractivity contribution in [2.75, 3.05) is 6.61 Å². The van der Waals surface area contributed by atoms with E-state index in [9.17, 15) is 0 Å². The van der Waals surface area contributed by atoms with Gasteiger partial charge in [-0.2, -0.15) is 0 Å². The van der Waals surface area contributed by atoms with Crippen molar-refractivity contribution in [3.8, 4) is 0 Å². The highest BCUT2D eigenvalue weighted by Gasteiger charge is 2.19. The van der Waals surface area contributed by atoms with E-state index in [-0.39, 0.29) is 0 Å². The van der Waals surface area contributed by atoms with Crippen molar-refractivity contribution in [2.45, 2.75) is 45.3 Å². The molecule has 1 rings (SSSR count). The van der Waals surface area contributed by atoms with Gasteiger partial charge in [-0.3, -0.25) is 0 Å². The third-order valence-electron chi connectivity index (χ3n) is 2.14. The fourth-order valence-electron chi connectivity index (χ4n) is 1.60. The second-order valence-electron chi connectivity index (χ2n) is 3.91. The molecule has 2 atom stereocenters. The molecule has 0 spiro atoms. The van der Waals surface area contributed by atoms with E-state index in [1.807, 2.05) is 0 Å². The van der Waals surface area contributed by atoms with Gasteiger partial charge in [-0.15, -0.1) is 0 Å². The second kappa shape index (κ2) is 4.07. The fourth-order valence-corrected chi connectivity index (χ4v) is 1.60. The van der Waals surface area contributed by atoms with E-state index >= 15 is 0 Å². The lowest BCUT2D eigenvalue weighted by atomic mass is 9.97. The van der Waals surface area contributed by atoms with E-state index in [2.05, 4.69) is 13.8 Å². The largest absolute Gasteiger partial charge is 0.378 e. The first-order valence-electron chi connectivity index (χ1n) is 4.55. The molecule has 2 heteroatoms. The predicted octanol–water partition coefficient (Wildman–Crippen LogP) is 1.54. The van der Waals surface area contributed by atoms with E-state index < -0.39 is 0 Å². The standard InChI is InChI=1S/C9H19NO/c1-7(2)5-9-6-8(10)3-4-11-9/h7-9H,3-6,10H2,1-2H3/t8-,9-/m1/s1. The van der Waals surface area contributed by atoms with Gasteiger partial charge in [0.05, 0.1) is 6.10 Å². The van der Waals surface area contributed by atoms with Gasteiger partial charge in [-0.05, 0) is 25.2 Å². The molecule has 1 fully saturated rings. The number of ether oxygens (including phenoxy) is 1. The summed E-state index contributed by atoms with van der Waals surface area (Å²) in [5.74, 6) is 0.727. The first-order valence-corrected chi connectivity index (χ1v) is 4.55. The zero-order valence-corrected chi connectivity index (χ0v) is 7.55. The molecule has 0 aromatic rings. The molecule has 0 amide bonds. The topological polar surface area (TPSA) is 35.2 Å². The minimum Gasteiger partial charge on any atom is -0.378 e. The number of nitrogens with two attached hydrogens (primary N) is 1. The van der Waals surface area contributed by atoms with Crippen molar-refractivity contribution in [1.82, 2.24) is 0 Å². The van der Waals surface area contributed by atoms with Crippen LogP contribution >= 0.6 is 0 Å². The summed E-state index contributed by atoms with van der Waals surface area (Å²) in [6, 6.07) is 0.382.